The molecule has 1 N–H and O–H groups in total. The van der Waals surface area contributed by atoms with E-state index in [1.54, 1.807) is 38.1 Å². The van der Waals surface area contributed by atoms with Gasteiger partial charge in [0.1, 0.15) is 5.78 Å². The molecule has 1 aromatic rings. The van der Waals surface area contributed by atoms with Gasteiger partial charge in [-0.15, -0.1) is 0 Å². The fourth-order valence-corrected chi connectivity index (χ4v) is 2.28. The van der Waals surface area contributed by atoms with E-state index in [-0.39, 0.29) is 24.2 Å². The molecule has 0 saturated heterocycles. The number of rotatable bonds is 8. The van der Waals surface area contributed by atoms with Crippen LogP contribution in [-0.2, 0) is 30.4 Å². The molecule has 0 spiro atoms. The van der Waals surface area contributed by atoms with Crippen molar-refractivity contribution >= 4 is 23.6 Å². The Morgan fingerprint density at radius 3 is 2.15 bits per heavy atom. The first-order valence-electron chi connectivity index (χ1n) is 8.45. The second kappa shape index (κ2) is 10.3. The molecule has 1 aromatic carbocycles. The Labute approximate surface area is 153 Å². The quantitative estimate of drug-likeness (QED) is 0.562. The Morgan fingerprint density at radius 2 is 1.65 bits per heavy atom. The second-order valence-electron chi connectivity index (χ2n) is 6.32. The molecule has 1 atom stereocenters. The fourth-order valence-electron chi connectivity index (χ4n) is 2.28. The Hall–Kier alpha value is -2.70. The van der Waals surface area contributed by atoms with E-state index < -0.39 is 17.8 Å². The minimum absolute atomic E-state index is 0.0337. The molecule has 1 unspecified atom stereocenters. The average Bonchev–Trinajstić information content (AvgIpc) is 2.56. The molecular formula is C19H25NO6. The number of hydroxylamine groups is 1. The first-order valence-corrected chi connectivity index (χ1v) is 8.45. The number of nitrogens with one attached hydrogen (secondary N) is 1. The first kappa shape index (κ1) is 21.3. The number of hydrogen-bond donors (Lipinski definition) is 1. The van der Waals surface area contributed by atoms with E-state index in [0.29, 0.717) is 18.4 Å². The van der Waals surface area contributed by atoms with Crippen LogP contribution in [0.4, 0.5) is 0 Å². The third kappa shape index (κ3) is 7.92. The molecule has 1 amide bonds. The molecule has 0 heterocycles. The van der Waals surface area contributed by atoms with Crippen LogP contribution in [0.1, 0.15) is 56.5 Å². The zero-order chi connectivity index (χ0) is 19.7. The van der Waals surface area contributed by atoms with E-state index in [0.717, 1.165) is 5.56 Å². The number of esters is 1. The summed E-state index contributed by atoms with van der Waals surface area (Å²) in [5, 5.41) is 0. The molecule has 0 aromatic heterocycles. The molecule has 0 saturated carbocycles. The normalized spacial score (nSPS) is 11.6. The standard InChI is InChI=1S/C19H25NO6/c1-12(2)25-19(24)16-7-5-15(6-8-16)11-17(13(3)21)9-10-18(23)20-26-14(4)22/h5-8,12,17H,9-11H2,1-4H3,(H,20,23). The van der Waals surface area contributed by atoms with Crippen LogP contribution in [0, 0.1) is 5.92 Å². The summed E-state index contributed by atoms with van der Waals surface area (Å²) in [7, 11) is 0. The van der Waals surface area contributed by atoms with E-state index in [2.05, 4.69) is 4.84 Å². The highest BCUT2D eigenvalue weighted by Gasteiger charge is 2.18. The lowest BCUT2D eigenvalue weighted by Crippen LogP contribution is -2.27. The van der Waals surface area contributed by atoms with Crippen molar-refractivity contribution in [1.82, 2.24) is 5.48 Å². The van der Waals surface area contributed by atoms with Crippen molar-refractivity contribution in [2.24, 2.45) is 5.92 Å². The van der Waals surface area contributed by atoms with Gasteiger partial charge in [-0.2, -0.15) is 5.48 Å². The summed E-state index contributed by atoms with van der Waals surface area (Å²) in [5.74, 6) is -1.84. The number of carbonyl (C=O) groups excluding carboxylic acids is 4. The van der Waals surface area contributed by atoms with E-state index in [1.165, 1.54) is 13.8 Å². The third-order valence-electron chi connectivity index (χ3n) is 3.62. The minimum Gasteiger partial charge on any atom is -0.459 e. The van der Waals surface area contributed by atoms with Crippen molar-refractivity contribution < 1.29 is 28.8 Å². The highest BCUT2D eigenvalue weighted by atomic mass is 16.7. The molecule has 0 fully saturated rings. The van der Waals surface area contributed by atoms with E-state index in [1.807, 2.05) is 5.48 Å². The third-order valence-corrected chi connectivity index (χ3v) is 3.62. The molecule has 142 valence electrons. The molecule has 0 aliphatic rings. The van der Waals surface area contributed by atoms with Gasteiger partial charge in [-0.05, 0) is 51.3 Å². The van der Waals surface area contributed by atoms with Crippen LogP contribution in [-0.4, -0.2) is 29.7 Å². The number of carbonyl (C=O) groups is 4. The molecule has 7 nitrogen and oxygen atoms in total. The molecule has 0 radical (unpaired) electrons. The van der Waals surface area contributed by atoms with Crippen LogP contribution in [0.3, 0.4) is 0 Å². The molecule has 26 heavy (non-hydrogen) atoms. The van der Waals surface area contributed by atoms with Gasteiger partial charge in [0.25, 0.3) is 5.91 Å². The zero-order valence-electron chi connectivity index (χ0n) is 15.5. The van der Waals surface area contributed by atoms with Crippen molar-refractivity contribution in [2.75, 3.05) is 0 Å². The van der Waals surface area contributed by atoms with Crippen LogP contribution >= 0.6 is 0 Å². The summed E-state index contributed by atoms with van der Waals surface area (Å²) in [6, 6.07) is 6.85. The van der Waals surface area contributed by atoms with E-state index in [4.69, 9.17) is 4.74 Å². The van der Waals surface area contributed by atoms with Gasteiger partial charge in [0.15, 0.2) is 0 Å². The lowest BCUT2D eigenvalue weighted by atomic mass is 9.91. The lowest BCUT2D eigenvalue weighted by Gasteiger charge is -2.14. The minimum atomic E-state index is -0.613. The van der Waals surface area contributed by atoms with Crippen molar-refractivity contribution in [3.63, 3.8) is 0 Å². The van der Waals surface area contributed by atoms with Crippen LogP contribution in [0.15, 0.2) is 24.3 Å². The predicted molar refractivity (Wildman–Crippen MR) is 94.0 cm³/mol. The Balaban J connectivity index is 2.61. The summed E-state index contributed by atoms with van der Waals surface area (Å²) < 4.78 is 5.13. The Morgan fingerprint density at radius 1 is 1.04 bits per heavy atom. The van der Waals surface area contributed by atoms with E-state index in [9.17, 15) is 19.2 Å². The van der Waals surface area contributed by atoms with Crippen molar-refractivity contribution in [3.05, 3.63) is 35.4 Å². The van der Waals surface area contributed by atoms with Crippen LogP contribution in [0.25, 0.3) is 0 Å². The first-order chi connectivity index (χ1) is 12.2. The lowest BCUT2D eigenvalue weighted by molar-refractivity contribution is -0.156. The average molecular weight is 363 g/mol. The van der Waals surface area contributed by atoms with Crippen LogP contribution < -0.4 is 5.48 Å². The fraction of sp³-hybridized carbons (Fsp3) is 0.474. The highest BCUT2D eigenvalue weighted by Crippen LogP contribution is 2.17. The summed E-state index contributed by atoms with van der Waals surface area (Å²) in [6.45, 7) is 6.21. The monoisotopic (exact) mass is 363 g/mol. The van der Waals surface area contributed by atoms with Gasteiger partial charge in [-0.3, -0.25) is 14.4 Å². The molecular weight excluding hydrogens is 338 g/mol. The van der Waals surface area contributed by atoms with Gasteiger partial charge >= 0.3 is 11.9 Å². The number of Topliss-reactive ketones (excluding diaryl/α,β-unsaturated/α-hetero) is 1. The van der Waals surface area contributed by atoms with Crippen molar-refractivity contribution in [1.29, 1.82) is 0 Å². The highest BCUT2D eigenvalue weighted by molar-refractivity contribution is 5.89. The Kier molecular flexibility index (Phi) is 8.48. The molecule has 0 aliphatic heterocycles. The number of benzene rings is 1. The smallest absolute Gasteiger partial charge is 0.338 e. The maximum atomic E-state index is 11.8. The second-order valence-corrected chi connectivity index (χ2v) is 6.32. The number of ketones is 1. The zero-order valence-corrected chi connectivity index (χ0v) is 15.5. The van der Waals surface area contributed by atoms with Gasteiger partial charge in [-0.25, -0.2) is 4.79 Å². The summed E-state index contributed by atoms with van der Waals surface area (Å²) in [5.41, 5.74) is 3.35. The maximum absolute atomic E-state index is 11.8. The van der Waals surface area contributed by atoms with Gasteiger partial charge in [0.2, 0.25) is 0 Å². The predicted octanol–water partition coefficient (Wildman–Crippen LogP) is 2.37. The topological polar surface area (TPSA) is 98.8 Å². The van der Waals surface area contributed by atoms with E-state index >= 15 is 0 Å². The van der Waals surface area contributed by atoms with Gasteiger partial charge in [-0.1, -0.05) is 12.1 Å². The number of ether oxygens (including phenoxy) is 1. The summed E-state index contributed by atoms with van der Waals surface area (Å²) in [4.78, 5) is 50.3. The summed E-state index contributed by atoms with van der Waals surface area (Å²) >= 11 is 0. The molecule has 1 rings (SSSR count). The number of amides is 1. The number of hydrogen-bond acceptors (Lipinski definition) is 6. The molecule has 0 aliphatic carbocycles. The van der Waals surface area contributed by atoms with Crippen LogP contribution in [0.2, 0.25) is 0 Å². The largest absolute Gasteiger partial charge is 0.459 e. The molecule has 7 heteroatoms. The van der Waals surface area contributed by atoms with Crippen LogP contribution in [0.5, 0.6) is 0 Å². The van der Waals surface area contributed by atoms with Gasteiger partial charge < -0.3 is 9.57 Å². The molecule has 0 bridgehead atoms. The summed E-state index contributed by atoms with van der Waals surface area (Å²) in [6.07, 6.45) is 0.661. The van der Waals surface area contributed by atoms with Gasteiger partial charge in [0, 0.05) is 19.3 Å². The maximum Gasteiger partial charge on any atom is 0.338 e. The Bertz CT molecular complexity index is 650. The van der Waals surface area contributed by atoms with Crippen molar-refractivity contribution in [3.8, 4) is 0 Å². The van der Waals surface area contributed by atoms with Gasteiger partial charge in [0.05, 0.1) is 11.7 Å². The SMILES string of the molecule is CC(=O)ONC(=O)CCC(Cc1ccc(C(=O)OC(C)C)cc1)C(C)=O. The van der Waals surface area contributed by atoms with Crippen molar-refractivity contribution in [2.45, 2.75) is 53.1 Å².